The Kier molecular flexibility index (Phi) is 5.44. The molecule has 3 aromatic rings. The Morgan fingerprint density at radius 3 is 2.50 bits per heavy atom. The minimum atomic E-state index is -0.157. The second-order valence-corrected chi connectivity index (χ2v) is 6.81. The van der Waals surface area contributed by atoms with Gasteiger partial charge in [0.15, 0.2) is 11.5 Å². The average molecular weight is 388 g/mol. The lowest BCUT2D eigenvalue weighted by molar-refractivity contribution is 0.403. The number of thiazole rings is 1. The Bertz CT molecular complexity index is 992. The maximum atomic E-state index is 9.62. The van der Waals surface area contributed by atoms with Crippen LogP contribution in [0.15, 0.2) is 64.0 Å². The smallest absolute Gasteiger partial charge is 0.211 e. The van der Waals surface area contributed by atoms with E-state index in [9.17, 15) is 10.2 Å². The first-order chi connectivity index (χ1) is 12.2. The highest BCUT2D eigenvalue weighted by atomic mass is 35.5. The van der Waals surface area contributed by atoms with E-state index in [1.54, 1.807) is 23.6 Å². The van der Waals surface area contributed by atoms with Crippen molar-refractivity contribution in [1.82, 2.24) is 4.68 Å². The van der Waals surface area contributed by atoms with Gasteiger partial charge in [0.25, 0.3) is 0 Å². The van der Waals surface area contributed by atoms with Crippen LogP contribution in [0.5, 0.6) is 11.5 Å². The SMILES string of the molecule is Cl.Oc1ccc(/C=N/n2c(C3CC3)csc2=Nc2ccccc2)cc1O. The van der Waals surface area contributed by atoms with Gasteiger partial charge in [0, 0.05) is 11.3 Å². The van der Waals surface area contributed by atoms with Crippen molar-refractivity contribution >= 4 is 35.6 Å². The van der Waals surface area contributed by atoms with Crippen LogP contribution in [0, 0.1) is 0 Å². The van der Waals surface area contributed by atoms with Crippen LogP contribution in [0.2, 0.25) is 0 Å². The molecule has 26 heavy (non-hydrogen) atoms. The monoisotopic (exact) mass is 387 g/mol. The summed E-state index contributed by atoms with van der Waals surface area (Å²) in [5.74, 6) is 0.246. The Balaban J connectivity index is 0.00000196. The lowest BCUT2D eigenvalue weighted by atomic mass is 10.2. The molecule has 1 aliphatic carbocycles. The maximum Gasteiger partial charge on any atom is 0.211 e. The van der Waals surface area contributed by atoms with Gasteiger partial charge in [0.05, 0.1) is 17.6 Å². The second-order valence-electron chi connectivity index (χ2n) is 5.97. The van der Waals surface area contributed by atoms with E-state index >= 15 is 0 Å². The van der Waals surface area contributed by atoms with E-state index in [0.717, 1.165) is 10.5 Å². The highest BCUT2D eigenvalue weighted by molar-refractivity contribution is 7.07. The molecule has 0 radical (unpaired) electrons. The molecular formula is C19H18ClN3O2S. The molecule has 1 aromatic heterocycles. The molecule has 1 aliphatic rings. The predicted octanol–water partition coefficient (Wildman–Crippen LogP) is 4.37. The minimum absolute atomic E-state index is 0. The van der Waals surface area contributed by atoms with Crippen molar-refractivity contribution in [2.75, 3.05) is 0 Å². The van der Waals surface area contributed by atoms with Crippen molar-refractivity contribution in [3.05, 3.63) is 70.0 Å². The quantitative estimate of drug-likeness (QED) is 0.515. The summed E-state index contributed by atoms with van der Waals surface area (Å²) in [6.07, 6.45) is 4.02. The summed E-state index contributed by atoms with van der Waals surface area (Å²) in [7, 11) is 0. The number of hydrogen-bond donors (Lipinski definition) is 2. The van der Waals surface area contributed by atoms with E-state index < -0.39 is 0 Å². The van der Waals surface area contributed by atoms with Gasteiger partial charge in [0.1, 0.15) is 0 Å². The molecule has 0 aliphatic heterocycles. The molecule has 1 fully saturated rings. The van der Waals surface area contributed by atoms with Crippen molar-refractivity contribution in [3.8, 4) is 11.5 Å². The van der Waals surface area contributed by atoms with Crippen LogP contribution >= 0.6 is 23.7 Å². The van der Waals surface area contributed by atoms with Gasteiger partial charge in [0.2, 0.25) is 4.80 Å². The third kappa shape index (κ3) is 3.98. The van der Waals surface area contributed by atoms with Crippen LogP contribution in [-0.4, -0.2) is 21.1 Å². The fraction of sp³-hybridized carbons (Fsp3) is 0.158. The van der Waals surface area contributed by atoms with Gasteiger partial charge in [-0.05, 0) is 48.7 Å². The van der Waals surface area contributed by atoms with Gasteiger partial charge in [-0.25, -0.2) is 9.67 Å². The molecule has 0 atom stereocenters. The molecule has 0 bridgehead atoms. The van der Waals surface area contributed by atoms with Gasteiger partial charge >= 0.3 is 0 Å². The number of nitrogens with zero attached hydrogens (tertiary/aromatic N) is 3. The number of para-hydroxylation sites is 1. The first-order valence-corrected chi connectivity index (χ1v) is 8.95. The molecule has 0 amide bonds. The van der Waals surface area contributed by atoms with Gasteiger partial charge in [-0.2, -0.15) is 5.10 Å². The number of halogens is 1. The van der Waals surface area contributed by atoms with Crippen molar-refractivity contribution in [2.24, 2.45) is 10.1 Å². The van der Waals surface area contributed by atoms with E-state index in [0.29, 0.717) is 11.5 Å². The van der Waals surface area contributed by atoms with E-state index in [2.05, 4.69) is 10.5 Å². The summed E-state index contributed by atoms with van der Waals surface area (Å²) < 4.78 is 1.87. The number of phenolic OH excluding ortho intramolecular Hbond substituents is 2. The molecule has 0 spiro atoms. The molecule has 5 nitrogen and oxygen atoms in total. The summed E-state index contributed by atoms with van der Waals surface area (Å²) in [5, 5.41) is 25.7. The molecule has 0 saturated heterocycles. The molecule has 134 valence electrons. The number of benzene rings is 2. The summed E-state index contributed by atoms with van der Waals surface area (Å²) in [6, 6.07) is 14.4. The fourth-order valence-corrected chi connectivity index (χ4v) is 3.45. The van der Waals surface area contributed by atoms with E-state index in [4.69, 9.17) is 4.99 Å². The summed E-state index contributed by atoms with van der Waals surface area (Å²) >= 11 is 1.57. The summed E-state index contributed by atoms with van der Waals surface area (Å²) in [6.45, 7) is 0. The van der Waals surface area contributed by atoms with Crippen LogP contribution in [0.4, 0.5) is 5.69 Å². The topological polar surface area (TPSA) is 70.1 Å². The number of hydrogen-bond acceptors (Lipinski definition) is 5. The molecule has 1 saturated carbocycles. The van der Waals surface area contributed by atoms with Gasteiger partial charge < -0.3 is 10.2 Å². The van der Waals surface area contributed by atoms with E-state index in [1.165, 1.54) is 30.7 Å². The third-order valence-electron chi connectivity index (χ3n) is 4.01. The van der Waals surface area contributed by atoms with Crippen LogP contribution in [0.3, 0.4) is 0 Å². The first-order valence-electron chi connectivity index (χ1n) is 8.07. The Morgan fingerprint density at radius 2 is 1.81 bits per heavy atom. The molecule has 0 unspecified atom stereocenters. The van der Waals surface area contributed by atoms with Crippen LogP contribution in [0.1, 0.15) is 30.0 Å². The molecule has 2 N–H and O–H groups in total. The number of aromatic hydroxyl groups is 2. The minimum Gasteiger partial charge on any atom is -0.504 e. The fourth-order valence-electron chi connectivity index (χ4n) is 2.52. The average Bonchev–Trinajstić information content (AvgIpc) is 3.39. The molecular weight excluding hydrogens is 370 g/mol. The lowest BCUT2D eigenvalue weighted by Crippen LogP contribution is -2.12. The van der Waals surface area contributed by atoms with Crippen LogP contribution in [0.25, 0.3) is 0 Å². The zero-order chi connectivity index (χ0) is 17.2. The van der Waals surface area contributed by atoms with Crippen molar-refractivity contribution in [3.63, 3.8) is 0 Å². The zero-order valence-electron chi connectivity index (χ0n) is 13.8. The van der Waals surface area contributed by atoms with Gasteiger partial charge in [-0.1, -0.05) is 18.2 Å². The second kappa shape index (κ2) is 7.76. The number of phenols is 2. The largest absolute Gasteiger partial charge is 0.504 e. The highest BCUT2D eigenvalue weighted by Gasteiger charge is 2.27. The van der Waals surface area contributed by atoms with Gasteiger partial charge in [-0.3, -0.25) is 0 Å². The molecule has 2 aromatic carbocycles. The molecule has 1 heterocycles. The predicted molar refractivity (Wildman–Crippen MR) is 106 cm³/mol. The number of aromatic nitrogens is 1. The van der Waals surface area contributed by atoms with Crippen LogP contribution in [-0.2, 0) is 0 Å². The van der Waals surface area contributed by atoms with Crippen molar-refractivity contribution < 1.29 is 10.2 Å². The van der Waals surface area contributed by atoms with Crippen LogP contribution < -0.4 is 4.80 Å². The first kappa shape index (κ1) is 18.2. The molecule has 4 rings (SSSR count). The standard InChI is InChI=1S/C19H17N3O2S.ClH/c23-17-9-6-13(10-18(17)24)11-20-22-16(14-7-8-14)12-25-19(22)21-15-4-2-1-3-5-15;/h1-6,9-12,14,23-24H,7-8H2;1H/b20-11+,21-19?;. The Morgan fingerprint density at radius 1 is 1.04 bits per heavy atom. The third-order valence-corrected chi connectivity index (χ3v) is 4.84. The zero-order valence-corrected chi connectivity index (χ0v) is 15.5. The van der Waals surface area contributed by atoms with E-state index in [1.807, 2.05) is 35.0 Å². The van der Waals surface area contributed by atoms with Crippen molar-refractivity contribution in [1.29, 1.82) is 0 Å². The number of rotatable bonds is 4. The lowest BCUT2D eigenvalue weighted by Gasteiger charge is -2.02. The molecule has 7 heteroatoms. The highest BCUT2D eigenvalue weighted by Crippen LogP contribution is 2.40. The Hall–Kier alpha value is -2.57. The summed E-state index contributed by atoms with van der Waals surface area (Å²) in [5.41, 5.74) is 2.76. The maximum absolute atomic E-state index is 9.62. The Labute approximate surface area is 161 Å². The summed E-state index contributed by atoms with van der Waals surface area (Å²) in [4.78, 5) is 5.51. The normalized spacial score (nSPS) is 14.5. The van der Waals surface area contributed by atoms with E-state index in [-0.39, 0.29) is 23.9 Å². The van der Waals surface area contributed by atoms with Crippen molar-refractivity contribution in [2.45, 2.75) is 18.8 Å². The van der Waals surface area contributed by atoms with Gasteiger partial charge in [-0.15, -0.1) is 23.7 Å².